The van der Waals surface area contributed by atoms with E-state index >= 15 is 0 Å². The fourth-order valence-electron chi connectivity index (χ4n) is 4.62. The largest absolute Gasteiger partial charge is 0.492 e. The van der Waals surface area contributed by atoms with Gasteiger partial charge >= 0.3 is 0 Å². The monoisotopic (exact) mass is 555 g/mol. The summed E-state index contributed by atoms with van der Waals surface area (Å²) in [5.74, 6) is 0.480. The van der Waals surface area contributed by atoms with E-state index in [0.29, 0.717) is 35.2 Å². The van der Waals surface area contributed by atoms with Gasteiger partial charge in [-0.2, -0.15) is 4.57 Å². The van der Waals surface area contributed by atoms with Crippen LogP contribution < -0.4 is 14.6 Å². The number of aryl methyl sites for hydroxylation is 1. The normalized spacial score (nSPS) is 11.0. The number of benzene rings is 2. The molecule has 0 fully saturated rings. The standard InChI is InChI=1S/C32H43ClN2O2S/c1-3-4-5-6-7-8-9-10-11-12-13-16-22-37-31-24-28(19-20-30(31)33)34-32(36)29-18-15-14-17-27(29)25-35-21-23-38-26(35)2/h14-15,17-21,23-24H,3-13,16,22,25H2,1-2H3/p+1. The number of amides is 1. The number of nitrogens with one attached hydrogen (secondary N) is 1. The second-order valence-electron chi connectivity index (χ2n) is 10.0. The lowest BCUT2D eigenvalue weighted by Crippen LogP contribution is -2.35. The minimum Gasteiger partial charge on any atom is -0.492 e. The fourth-order valence-corrected chi connectivity index (χ4v) is 5.46. The Morgan fingerprint density at radius 3 is 2.24 bits per heavy atom. The zero-order valence-electron chi connectivity index (χ0n) is 23.1. The van der Waals surface area contributed by atoms with E-state index < -0.39 is 0 Å². The average molecular weight is 556 g/mol. The zero-order chi connectivity index (χ0) is 27.0. The highest BCUT2D eigenvalue weighted by Crippen LogP contribution is 2.28. The van der Waals surface area contributed by atoms with Gasteiger partial charge in [-0.1, -0.05) is 119 Å². The van der Waals surface area contributed by atoms with Crippen LogP contribution in [-0.4, -0.2) is 12.5 Å². The maximum absolute atomic E-state index is 13.1. The van der Waals surface area contributed by atoms with Crippen LogP contribution in [0.1, 0.15) is 105 Å². The second-order valence-corrected chi connectivity index (χ2v) is 11.5. The number of carbonyl (C=O) groups excluding carboxylic acids is 1. The number of thiazole rings is 1. The van der Waals surface area contributed by atoms with Crippen molar-refractivity contribution in [3.05, 3.63) is 75.2 Å². The molecule has 0 atom stereocenters. The van der Waals surface area contributed by atoms with Gasteiger partial charge in [0.1, 0.15) is 5.75 Å². The summed E-state index contributed by atoms with van der Waals surface area (Å²) in [4.78, 5) is 13.1. The third kappa shape index (κ3) is 10.4. The first-order valence-electron chi connectivity index (χ1n) is 14.3. The predicted octanol–water partition coefficient (Wildman–Crippen LogP) is 9.38. The Morgan fingerprint density at radius 2 is 1.58 bits per heavy atom. The molecule has 0 unspecified atom stereocenters. The lowest BCUT2D eigenvalue weighted by molar-refractivity contribution is -0.689. The van der Waals surface area contributed by atoms with E-state index in [0.717, 1.165) is 12.0 Å². The molecule has 3 rings (SSSR count). The van der Waals surface area contributed by atoms with Crippen molar-refractivity contribution in [2.75, 3.05) is 11.9 Å². The van der Waals surface area contributed by atoms with Gasteiger partial charge in [-0.25, -0.2) is 0 Å². The van der Waals surface area contributed by atoms with Crippen LogP contribution in [-0.2, 0) is 6.54 Å². The van der Waals surface area contributed by atoms with Gasteiger partial charge in [-0.15, -0.1) is 0 Å². The summed E-state index contributed by atoms with van der Waals surface area (Å²) >= 11 is 8.08. The Morgan fingerprint density at radius 1 is 0.921 bits per heavy atom. The average Bonchev–Trinajstić information content (AvgIpc) is 3.32. The Hall–Kier alpha value is -2.37. The molecular formula is C32H44ClN2O2S+. The van der Waals surface area contributed by atoms with Gasteiger partial charge in [0, 0.05) is 29.8 Å². The number of anilines is 1. The van der Waals surface area contributed by atoms with E-state index in [1.54, 1.807) is 17.4 Å². The Labute approximate surface area is 238 Å². The van der Waals surface area contributed by atoms with Crippen LogP contribution >= 0.6 is 22.9 Å². The minimum absolute atomic E-state index is 0.136. The van der Waals surface area contributed by atoms with Crippen molar-refractivity contribution in [1.82, 2.24) is 0 Å². The SMILES string of the molecule is CCCCCCCCCCCCCCOc1cc(NC(=O)c2ccccc2C[n+]2ccsc2C)ccc1Cl. The molecular weight excluding hydrogens is 512 g/mol. The van der Waals surface area contributed by atoms with E-state index in [-0.39, 0.29) is 5.91 Å². The van der Waals surface area contributed by atoms with Crippen LogP contribution in [0.3, 0.4) is 0 Å². The Bertz CT molecular complexity index is 1110. The molecule has 0 spiro atoms. The summed E-state index contributed by atoms with van der Waals surface area (Å²) in [5, 5.41) is 6.85. The van der Waals surface area contributed by atoms with Crippen LogP contribution in [0.2, 0.25) is 5.02 Å². The number of hydrogen-bond acceptors (Lipinski definition) is 3. The molecule has 0 bridgehead atoms. The van der Waals surface area contributed by atoms with Crippen molar-refractivity contribution < 1.29 is 14.1 Å². The molecule has 4 nitrogen and oxygen atoms in total. The van der Waals surface area contributed by atoms with Crippen LogP contribution in [0.15, 0.2) is 54.0 Å². The van der Waals surface area contributed by atoms with Crippen molar-refractivity contribution >= 4 is 34.5 Å². The number of ether oxygens (including phenoxy) is 1. The first-order chi connectivity index (χ1) is 18.6. The zero-order valence-corrected chi connectivity index (χ0v) is 24.7. The molecule has 6 heteroatoms. The van der Waals surface area contributed by atoms with Gasteiger partial charge in [0.2, 0.25) is 5.01 Å². The summed E-state index contributed by atoms with van der Waals surface area (Å²) in [5.41, 5.74) is 2.33. The molecule has 1 N–H and O–H groups in total. The first kappa shape index (κ1) is 30.2. The van der Waals surface area contributed by atoms with Crippen molar-refractivity contribution in [2.45, 2.75) is 97.4 Å². The highest BCUT2D eigenvalue weighted by molar-refractivity contribution is 7.09. The predicted molar refractivity (Wildman–Crippen MR) is 161 cm³/mol. The number of nitrogens with zero attached hydrogens (tertiary/aromatic N) is 1. The molecule has 1 heterocycles. The lowest BCUT2D eigenvalue weighted by atomic mass is 10.1. The second kappa shape index (κ2) is 17.3. The molecule has 0 aliphatic carbocycles. The molecule has 0 radical (unpaired) electrons. The van der Waals surface area contributed by atoms with Crippen LogP contribution in [0.4, 0.5) is 5.69 Å². The van der Waals surface area contributed by atoms with Gasteiger partial charge in [-0.3, -0.25) is 4.79 Å². The van der Waals surface area contributed by atoms with Gasteiger partial charge in [0.25, 0.3) is 5.91 Å². The quantitative estimate of drug-likeness (QED) is 0.125. The molecule has 38 heavy (non-hydrogen) atoms. The van der Waals surface area contributed by atoms with E-state index in [1.807, 2.05) is 42.6 Å². The van der Waals surface area contributed by atoms with Gasteiger partial charge < -0.3 is 10.1 Å². The lowest BCUT2D eigenvalue weighted by Gasteiger charge is -2.12. The van der Waals surface area contributed by atoms with E-state index in [2.05, 4.69) is 29.1 Å². The summed E-state index contributed by atoms with van der Waals surface area (Å²) in [7, 11) is 0. The van der Waals surface area contributed by atoms with Gasteiger partial charge in [-0.05, 0) is 24.6 Å². The molecule has 0 aliphatic rings. The molecule has 2 aromatic carbocycles. The van der Waals surface area contributed by atoms with Crippen LogP contribution in [0, 0.1) is 6.92 Å². The summed E-state index contributed by atoms with van der Waals surface area (Å²) in [6, 6.07) is 13.2. The maximum Gasteiger partial charge on any atom is 0.256 e. The van der Waals surface area contributed by atoms with Crippen LogP contribution in [0.25, 0.3) is 0 Å². The fraction of sp³-hybridized carbons (Fsp3) is 0.500. The Kier molecular flexibility index (Phi) is 13.7. The van der Waals surface area contributed by atoms with Crippen molar-refractivity contribution in [3.63, 3.8) is 0 Å². The van der Waals surface area contributed by atoms with Crippen LogP contribution in [0.5, 0.6) is 5.75 Å². The van der Waals surface area contributed by atoms with E-state index in [9.17, 15) is 4.79 Å². The third-order valence-electron chi connectivity index (χ3n) is 6.93. The maximum atomic E-state index is 13.1. The van der Waals surface area contributed by atoms with Gasteiger partial charge in [0.15, 0.2) is 12.7 Å². The minimum atomic E-state index is -0.136. The number of carbonyl (C=O) groups is 1. The van der Waals surface area contributed by atoms with E-state index in [1.165, 1.54) is 75.6 Å². The smallest absolute Gasteiger partial charge is 0.256 e. The van der Waals surface area contributed by atoms with Crippen molar-refractivity contribution in [3.8, 4) is 5.75 Å². The topological polar surface area (TPSA) is 42.2 Å². The first-order valence-corrected chi connectivity index (χ1v) is 15.6. The highest BCUT2D eigenvalue weighted by Gasteiger charge is 2.17. The summed E-state index contributed by atoms with van der Waals surface area (Å²) in [6.07, 6.45) is 17.8. The molecule has 3 aromatic rings. The number of rotatable bonds is 18. The Balaban J connectivity index is 1.39. The molecule has 0 aliphatic heterocycles. The third-order valence-corrected chi connectivity index (χ3v) is 8.08. The van der Waals surface area contributed by atoms with Crippen molar-refractivity contribution in [1.29, 1.82) is 0 Å². The molecule has 1 aromatic heterocycles. The summed E-state index contributed by atoms with van der Waals surface area (Å²) < 4.78 is 8.13. The van der Waals surface area contributed by atoms with Crippen molar-refractivity contribution in [2.24, 2.45) is 0 Å². The van der Waals surface area contributed by atoms with Gasteiger partial charge in [0.05, 0.1) is 17.0 Å². The molecule has 0 saturated carbocycles. The number of unbranched alkanes of at least 4 members (excludes halogenated alkanes) is 11. The summed E-state index contributed by atoms with van der Waals surface area (Å²) in [6.45, 7) is 5.65. The molecule has 0 saturated heterocycles. The number of halogens is 1. The highest BCUT2D eigenvalue weighted by atomic mass is 35.5. The molecule has 1 amide bonds. The number of aromatic nitrogens is 1. The number of hydrogen-bond donors (Lipinski definition) is 1. The van der Waals surface area contributed by atoms with E-state index in [4.69, 9.17) is 16.3 Å². The molecule has 206 valence electrons.